The molecule has 130 valence electrons. The predicted molar refractivity (Wildman–Crippen MR) is 93.5 cm³/mol. The molecule has 1 amide bonds. The van der Waals surface area contributed by atoms with Crippen molar-refractivity contribution in [2.45, 2.75) is 0 Å². The Morgan fingerprint density at radius 1 is 0.885 bits per heavy atom. The van der Waals surface area contributed by atoms with Crippen LogP contribution in [0, 0.1) is 20.2 Å². The summed E-state index contributed by atoms with van der Waals surface area (Å²) in [5, 5.41) is 24.6. The summed E-state index contributed by atoms with van der Waals surface area (Å²) in [5.74, 6) is -0.684. The molecule has 0 saturated carbocycles. The van der Waals surface area contributed by atoms with E-state index in [1.807, 2.05) is 12.1 Å². The first-order valence-corrected chi connectivity index (χ1v) is 7.43. The van der Waals surface area contributed by atoms with Crippen molar-refractivity contribution >= 4 is 23.0 Å². The Labute approximate surface area is 146 Å². The molecule has 0 unspecified atom stereocenters. The van der Waals surface area contributed by atoms with Crippen LogP contribution in [-0.4, -0.2) is 20.3 Å². The number of benzene rings is 2. The second-order valence-electron chi connectivity index (χ2n) is 5.31. The minimum atomic E-state index is -0.780. The number of nitrogens with zero attached hydrogens (tertiary/aromatic N) is 3. The van der Waals surface area contributed by atoms with E-state index in [0.717, 1.165) is 18.2 Å². The monoisotopic (exact) mass is 352 g/mol. The Hall–Kier alpha value is -4.01. The van der Waals surface area contributed by atoms with Crippen molar-refractivity contribution in [3.63, 3.8) is 0 Å². The molecule has 0 radical (unpaired) electrons. The highest BCUT2D eigenvalue weighted by atomic mass is 16.6. The van der Waals surface area contributed by atoms with E-state index in [1.54, 1.807) is 41.2 Å². The van der Waals surface area contributed by atoms with Crippen LogP contribution in [0.25, 0.3) is 5.69 Å². The standard InChI is InChI=1S/C17H12N4O5/c22-17(12-9-13(20(23)24)11-14(10-12)21(25)26)18-15-5-1-2-6-16(15)19-7-3-4-8-19/h1-11H,(H,18,22). The summed E-state index contributed by atoms with van der Waals surface area (Å²) in [4.78, 5) is 32.9. The van der Waals surface area contributed by atoms with Crippen LogP contribution in [0.4, 0.5) is 17.1 Å². The van der Waals surface area contributed by atoms with Gasteiger partial charge in [-0.15, -0.1) is 0 Å². The number of carbonyl (C=O) groups is 1. The topological polar surface area (TPSA) is 120 Å². The molecule has 0 aliphatic carbocycles. The van der Waals surface area contributed by atoms with Crippen LogP contribution in [0.2, 0.25) is 0 Å². The minimum absolute atomic E-state index is 0.173. The van der Waals surface area contributed by atoms with Crippen molar-refractivity contribution in [3.05, 3.63) is 92.8 Å². The van der Waals surface area contributed by atoms with E-state index in [0.29, 0.717) is 11.4 Å². The van der Waals surface area contributed by atoms with Crippen LogP contribution < -0.4 is 5.32 Å². The lowest BCUT2D eigenvalue weighted by Crippen LogP contribution is -2.14. The zero-order chi connectivity index (χ0) is 18.7. The number of nitro groups is 2. The molecule has 9 nitrogen and oxygen atoms in total. The van der Waals surface area contributed by atoms with E-state index in [2.05, 4.69) is 5.32 Å². The quantitative estimate of drug-likeness (QED) is 0.556. The number of non-ortho nitro benzene ring substituents is 2. The third-order valence-corrected chi connectivity index (χ3v) is 3.62. The largest absolute Gasteiger partial charge is 0.322 e. The molecule has 3 aromatic rings. The fourth-order valence-corrected chi connectivity index (χ4v) is 2.43. The number of carbonyl (C=O) groups excluding carboxylic acids is 1. The molecule has 0 aliphatic heterocycles. The molecule has 0 bridgehead atoms. The van der Waals surface area contributed by atoms with Crippen molar-refractivity contribution in [2.24, 2.45) is 0 Å². The first-order valence-electron chi connectivity index (χ1n) is 7.43. The van der Waals surface area contributed by atoms with Gasteiger partial charge >= 0.3 is 0 Å². The van der Waals surface area contributed by atoms with Gasteiger partial charge in [0.2, 0.25) is 0 Å². The Morgan fingerprint density at radius 3 is 2.04 bits per heavy atom. The van der Waals surface area contributed by atoms with Crippen molar-refractivity contribution in [2.75, 3.05) is 5.32 Å². The van der Waals surface area contributed by atoms with Crippen LogP contribution in [0.1, 0.15) is 10.4 Å². The second kappa shape index (κ2) is 6.85. The van der Waals surface area contributed by atoms with Gasteiger partial charge in [0.25, 0.3) is 17.3 Å². The van der Waals surface area contributed by atoms with Gasteiger partial charge in [-0.25, -0.2) is 0 Å². The number of nitro benzene ring substituents is 2. The van der Waals surface area contributed by atoms with E-state index in [9.17, 15) is 25.0 Å². The lowest BCUT2D eigenvalue weighted by Gasteiger charge is -2.12. The molecule has 1 heterocycles. The molecule has 26 heavy (non-hydrogen) atoms. The third-order valence-electron chi connectivity index (χ3n) is 3.62. The number of rotatable bonds is 5. The summed E-state index contributed by atoms with van der Waals surface area (Å²) < 4.78 is 1.78. The van der Waals surface area contributed by atoms with Crippen molar-refractivity contribution in [3.8, 4) is 5.69 Å². The first kappa shape index (κ1) is 16.8. The minimum Gasteiger partial charge on any atom is -0.322 e. The summed E-state index contributed by atoms with van der Waals surface area (Å²) in [6.45, 7) is 0. The number of hydrogen-bond donors (Lipinski definition) is 1. The molecule has 0 atom stereocenters. The van der Waals surface area contributed by atoms with Gasteiger partial charge in [-0.1, -0.05) is 12.1 Å². The number of aromatic nitrogens is 1. The van der Waals surface area contributed by atoms with Crippen LogP contribution in [0.3, 0.4) is 0 Å². The van der Waals surface area contributed by atoms with Gasteiger partial charge in [-0.3, -0.25) is 25.0 Å². The summed E-state index contributed by atoms with van der Waals surface area (Å²) >= 11 is 0. The van der Waals surface area contributed by atoms with Gasteiger partial charge < -0.3 is 9.88 Å². The van der Waals surface area contributed by atoms with E-state index in [1.165, 1.54) is 0 Å². The van der Waals surface area contributed by atoms with Crippen LogP contribution in [0.15, 0.2) is 67.0 Å². The van der Waals surface area contributed by atoms with Crippen LogP contribution in [0.5, 0.6) is 0 Å². The van der Waals surface area contributed by atoms with E-state index in [-0.39, 0.29) is 5.56 Å². The number of amides is 1. The van der Waals surface area contributed by atoms with Crippen LogP contribution in [-0.2, 0) is 0 Å². The van der Waals surface area contributed by atoms with Crippen molar-refractivity contribution in [1.29, 1.82) is 0 Å². The Kier molecular flexibility index (Phi) is 4.44. The summed E-state index contributed by atoms with van der Waals surface area (Å²) in [6.07, 6.45) is 3.59. The highest BCUT2D eigenvalue weighted by Gasteiger charge is 2.20. The molecule has 1 aromatic heterocycles. The molecule has 0 fully saturated rings. The first-order chi connectivity index (χ1) is 12.5. The molecule has 3 rings (SSSR count). The van der Waals surface area contributed by atoms with Gasteiger partial charge in [0.1, 0.15) is 0 Å². The Morgan fingerprint density at radius 2 is 1.46 bits per heavy atom. The fraction of sp³-hybridized carbons (Fsp3) is 0. The molecule has 0 spiro atoms. The molecular weight excluding hydrogens is 340 g/mol. The lowest BCUT2D eigenvalue weighted by atomic mass is 10.1. The number of para-hydroxylation sites is 2. The maximum atomic E-state index is 12.5. The van der Waals surface area contributed by atoms with E-state index in [4.69, 9.17) is 0 Å². The Bertz CT molecular complexity index is 966. The van der Waals surface area contributed by atoms with Gasteiger partial charge in [0.05, 0.1) is 32.9 Å². The summed E-state index contributed by atoms with van der Waals surface area (Å²) in [6, 6.07) is 13.4. The predicted octanol–water partition coefficient (Wildman–Crippen LogP) is 3.55. The number of anilines is 1. The molecule has 2 aromatic carbocycles. The fourth-order valence-electron chi connectivity index (χ4n) is 2.43. The summed E-state index contributed by atoms with van der Waals surface area (Å²) in [5.41, 5.74) is -0.0760. The van der Waals surface area contributed by atoms with E-state index < -0.39 is 27.1 Å². The molecule has 0 saturated heterocycles. The van der Waals surface area contributed by atoms with Gasteiger partial charge in [0.15, 0.2) is 0 Å². The highest BCUT2D eigenvalue weighted by molar-refractivity contribution is 6.06. The lowest BCUT2D eigenvalue weighted by molar-refractivity contribution is -0.394. The van der Waals surface area contributed by atoms with Gasteiger partial charge in [0, 0.05) is 24.5 Å². The maximum absolute atomic E-state index is 12.5. The van der Waals surface area contributed by atoms with Crippen molar-refractivity contribution in [1.82, 2.24) is 4.57 Å². The maximum Gasteiger partial charge on any atom is 0.277 e. The smallest absolute Gasteiger partial charge is 0.277 e. The Balaban J connectivity index is 1.97. The summed E-state index contributed by atoms with van der Waals surface area (Å²) in [7, 11) is 0. The average Bonchev–Trinajstić information content (AvgIpc) is 3.16. The molecule has 1 N–H and O–H groups in total. The van der Waals surface area contributed by atoms with Gasteiger partial charge in [-0.05, 0) is 24.3 Å². The highest BCUT2D eigenvalue weighted by Crippen LogP contribution is 2.25. The van der Waals surface area contributed by atoms with Gasteiger partial charge in [-0.2, -0.15) is 0 Å². The van der Waals surface area contributed by atoms with Crippen LogP contribution >= 0.6 is 0 Å². The number of nitrogens with one attached hydrogen (secondary N) is 1. The molecule has 0 aliphatic rings. The number of hydrogen-bond acceptors (Lipinski definition) is 5. The zero-order valence-corrected chi connectivity index (χ0v) is 13.2. The average molecular weight is 352 g/mol. The normalized spacial score (nSPS) is 10.3. The SMILES string of the molecule is O=C(Nc1ccccc1-n1cccc1)c1cc([N+](=O)[O-])cc([N+](=O)[O-])c1. The van der Waals surface area contributed by atoms with E-state index >= 15 is 0 Å². The second-order valence-corrected chi connectivity index (χ2v) is 5.31. The van der Waals surface area contributed by atoms with Crippen molar-refractivity contribution < 1.29 is 14.6 Å². The molecule has 9 heteroatoms. The molecular formula is C17H12N4O5. The zero-order valence-electron chi connectivity index (χ0n) is 13.2. The third kappa shape index (κ3) is 3.41.